The molecule has 1 aliphatic heterocycles. The molecule has 3 amide bonds. The normalized spacial score (nSPS) is 24.5. The van der Waals surface area contributed by atoms with Crippen molar-refractivity contribution in [3.05, 3.63) is 24.2 Å². The maximum atomic E-state index is 13.1. The fraction of sp³-hybridized carbons (Fsp3) is 0.650. The van der Waals surface area contributed by atoms with Crippen LogP contribution in [0.5, 0.6) is 0 Å². The number of hydrogen-bond acceptors (Lipinski definition) is 6. The molecule has 0 bridgehead atoms. The Bertz CT molecular complexity index is 697. The fourth-order valence-corrected chi connectivity index (χ4v) is 4.42. The third kappa shape index (κ3) is 4.28. The van der Waals surface area contributed by atoms with Crippen LogP contribution in [0.15, 0.2) is 22.8 Å². The summed E-state index contributed by atoms with van der Waals surface area (Å²) in [5, 5.41) is 13.6. The van der Waals surface area contributed by atoms with Crippen LogP contribution in [0.25, 0.3) is 0 Å². The van der Waals surface area contributed by atoms with E-state index in [1.54, 1.807) is 6.07 Å². The van der Waals surface area contributed by atoms with Gasteiger partial charge >= 0.3 is 0 Å². The Kier molecular flexibility index (Phi) is 6.51. The van der Waals surface area contributed by atoms with Crippen LogP contribution in [0.4, 0.5) is 0 Å². The van der Waals surface area contributed by atoms with Gasteiger partial charge in [-0.15, -0.1) is 0 Å². The number of carbonyl (C=O) groups excluding carboxylic acids is 3. The van der Waals surface area contributed by atoms with Gasteiger partial charge in [-0.1, -0.05) is 12.8 Å². The van der Waals surface area contributed by atoms with Gasteiger partial charge in [0.05, 0.1) is 18.4 Å². The Hall–Kier alpha value is -2.19. The zero-order chi connectivity index (χ0) is 20.1. The van der Waals surface area contributed by atoms with E-state index in [2.05, 4.69) is 5.32 Å². The summed E-state index contributed by atoms with van der Waals surface area (Å²) >= 11 is 0. The van der Waals surface area contributed by atoms with Gasteiger partial charge in [0, 0.05) is 18.4 Å². The second-order valence-corrected chi connectivity index (χ2v) is 7.88. The van der Waals surface area contributed by atoms with Gasteiger partial charge < -0.3 is 20.6 Å². The minimum atomic E-state index is -0.859. The van der Waals surface area contributed by atoms with Gasteiger partial charge in [-0.2, -0.15) is 0 Å². The Balaban J connectivity index is 1.80. The number of nitrogens with zero attached hydrogens (tertiary/aromatic N) is 1. The van der Waals surface area contributed by atoms with Crippen LogP contribution in [0.3, 0.4) is 0 Å². The molecule has 0 spiro atoms. The minimum Gasteiger partial charge on any atom is -0.459 e. The van der Waals surface area contributed by atoms with Crippen molar-refractivity contribution in [3.8, 4) is 0 Å². The first kappa shape index (κ1) is 20.5. The molecule has 2 heterocycles. The number of nitrogens with two attached hydrogens (primary N) is 1. The molecule has 2 aliphatic rings. The highest BCUT2D eigenvalue weighted by Crippen LogP contribution is 2.42. The molecule has 1 unspecified atom stereocenters. The van der Waals surface area contributed by atoms with E-state index >= 15 is 0 Å². The lowest BCUT2D eigenvalue weighted by Crippen LogP contribution is -2.52. The zero-order valence-corrected chi connectivity index (χ0v) is 16.1. The Morgan fingerprint density at radius 1 is 1.29 bits per heavy atom. The van der Waals surface area contributed by atoms with Crippen LogP contribution in [0.2, 0.25) is 0 Å². The quantitative estimate of drug-likeness (QED) is 0.669. The van der Waals surface area contributed by atoms with Crippen molar-refractivity contribution in [1.82, 2.24) is 10.2 Å². The van der Waals surface area contributed by atoms with Gasteiger partial charge in [-0.05, 0) is 50.8 Å². The molecule has 2 atom stereocenters. The summed E-state index contributed by atoms with van der Waals surface area (Å²) in [6.45, 7) is 1.03. The average Bonchev–Trinajstić information content (AvgIpc) is 3.33. The molecule has 28 heavy (non-hydrogen) atoms. The van der Waals surface area contributed by atoms with Gasteiger partial charge in [0.1, 0.15) is 0 Å². The predicted molar refractivity (Wildman–Crippen MR) is 101 cm³/mol. The highest BCUT2D eigenvalue weighted by molar-refractivity contribution is 6.03. The van der Waals surface area contributed by atoms with Gasteiger partial charge in [-0.3, -0.25) is 19.3 Å². The molecule has 1 aromatic rings. The molecule has 1 aliphatic carbocycles. The van der Waals surface area contributed by atoms with Crippen molar-refractivity contribution in [2.24, 2.45) is 11.1 Å². The summed E-state index contributed by atoms with van der Waals surface area (Å²) in [5.41, 5.74) is 4.96. The third-order valence-corrected chi connectivity index (χ3v) is 6.10. The molecule has 4 N–H and O–H groups in total. The molecule has 154 valence electrons. The van der Waals surface area contributed by atoms with E-state index in [-0.39, 0.29) is 18.1 Å². The molecular weight excluding hydrogens is 362 g/mol. The molecule has 0 aromatic carbocycles. The van der Waals surface area contributed by atoms with E-state index in [0.717, 1.165) is 30.7 Å². The van der Waals surface area contributed by atoms with Crippen LogP contribution in [-0.4, -0.2) is 53.0 Å². The summed E-state index contributed by atoms with van der Waals surface area (Å²) < 4.78 is 5.20. The molecule has 1 saturated heterocycles. The van der Waals surface area contributed by atoms with E-state index in [9.17, 15) is 19.5 Å². The number of amides is 3. The average molecular weight is 391 g/mol. The highest BCUT2D eigenvalue weighted by Gasteiger charge is 2.42. The van der Waals surface area contributed by atoms with Crippen molar-refractivity contribution < 1.29 is 23.9 Å². The van der Waals surface area contributed by atoms with Crippen molar-refractivity contribution in [3.63, 3.8) is 0 Å². The second-order valence-electron chi connectivity index (χ2n) is 7.88. The summed E-state index contributed by atoms with van der Waals surface area (Å²) in [6.07, 6.45) is 5.31. The number of aliphatic hydroxyl groups is 1. The van der Waals surface area contributed by atoms with Crippen molar-refractivity contribution in [2.75, 3.05) is 13.1 Å². The molecule has 1 saturated carbocycles. The van der Waals surface area contributed by atoms with Crippen LogP contribution in [-0.2, 0) is 9.59 Å². The van der Waals surface area contributed by atoms with E-state index in [1.807, 2.05) is 0 Å². The van der Waals surface area contributed by atoms with Crippen molar-refractivity contribution in [2.45, 2.75) is 63.5 Å². The maximum Gasteiger partial charge on any atom is 0.296 e. The molecular formula is C20H29N3O5. The largest absolute Gasteiger partial charge is 0.459 e. The summed E-state index contributed by atoms with van der Waals surface area (Å²) in [5.74, 6) is -1.27. The van der Waals surface area contributed by atoms with Crippen LogP contribution >= 0.6 is 0 Å². The lowest BCUT2D eigenvalue weighted by atomic mass is 9.80. The number of aliphatic hydroxyl groups excluding tert-OH is 1. The SMILES string of the molecule is NC(=O)C1(CCC(=O)N(C(=O)c2ccco2)C2CCCNC[C@@H]2O)CCCC1. The fourth-order valence-electron chi connectivity index (χ4n) is 4.42. The number of rotatable bonds is 6. The molecule has 0 radical (unpaired) electrons. The van der Waals surface area contributed by atoms with Crippen molar-refractivity contribution in [1.29, 1.82) is 0 Å². The molecule has 2 fully saturated rings. The highest BCUT2D eigenvalue weighted by atomic mass is 16.3. The van der Waals surface area contributed by atoms with E-state index in [4.69, 9.17) is 10.2 Å². The number of imide groups is 1. The number of β-amino-alcohol motifs (C(OH)–C–C–N with tert-alkyl or cyclic N) is 1. The number of carbonyl (C=O) groups is 3. The molecule has 8 nitrogen and oxygen atoms in total. The monoisotopic (exact) mass is 391 g/mol. The number of furan rings is 1. The lowest BCUT2D eigenvalue weighted by molar-refractivity contribution is -0.134. The Labute approximate surface area is 164 Å². The zero-order valence-electron chi connectivity index (χ0n) is 16.1. The molecule has 1 aromatic heterocycles. The first-order valence-corrected chi connectivity index (χ1v) is 10.0. The van der Waals surface area contributed by atoms with Gasteiger partial charge in [0.15, 0.2) is 5.76 Å². The lowest BCUT2D eigenvalue weighted by Gasteiger charge is -2.33. The van der Waals surface area contributed by atoms with Gasteiger partial charge in [0.25, 0.3) is 5.91 Å². The van der Waals surface area contributed by atoms with Gasteiger partial charge in [-0.25, -0.2) is 0 Å². The van der Waals surface area contributed by atoms with Crippen LogP contribution < -0.4 is 11.1 Å². The smallest absolute Gasteiger partial charge is 0.296 e. The predicted octanol–water partition coefficient (Wildman–Crippen LogP) is 1.19. The Morgan fingerprint density at radius 3 is 2.68 bits per heavy atom. The Morgan fingerprint density at radius 2 is 2.04 bits per heavy atom. The number of hydrogen-bond donors (Lipinski definition) is 3. The van der Waals surface area contributed by atoms with Gasteiger partial charge in [0.2, 0.25) is 11.8 Å². The van der Waals surface area contributed by atoms with Crippen molar-refractivity contribution >= 4 is 17.7 Å². The number of primary amides is 1. The summed E-state index contributed by atoms with van der Waals surface area (Å²) in [6, 6.07) is 2.46. The standard InChI is InChI=1S/C20H29N3O5/c21-19(27)20(8-1-2-9-20)10-7-17(25)23(18(26)16-6-4-12-28-16)14-5-3-11-22-13-15(14)24/h4,6,12,14-15,22,24H,1-3,5,7-11,13H2,(H2,21,27)/t14?,15-/m0/s1. The topological polar surface area (TPSA) is 126 Å². The molecule has 8 heteroatoms. The molecule has 3 rings (SSSR count). The summed E-state index contributed by atoms with van der Waals surface area (Å²) in [7, 11) is 0. The van der Waals surface area contributed by atoms with E-state index in [1.165, 1.54) is 12.3 Å². The second kappa shape index (κ2) is 8.87. The maximum absolute atomic E-state index is 13.1. The first-order chi connectivity index (χ1) is 13.4. The summed E-state index contributed by atoms with van der Waals surface area (Å²) in [4.78, 5) is 39.3. The number of nitrogens with one attached hydrogen (secondary N) is 1. The van der Waals surface area contributed by atoms with Crippen LogP contribution in [0, 0.1) is 5.41 Å². The third-order valence-electron chi connectivity index (χ3n) is 6.10. The first-order valence-electron chi connectivity index (χ1n) is 10.0. The minimum absolute atomic E-state index is 0.0338. The van der Waals surface area contributed by atoms with E-state index < -0.39 is 29.4 Å². The van der Waals surface area contributed by atoms with E-state index in [0.29, 0.717) is 32.2 Å². The van der Waals surface area contributed by atoms with Crippen LogP contribution in [0.1, 0.15) is 61.9 Å².